The molecule has 13 atom stereocenters. The second kappa shape index (κ2) is 32.5. The number of cyclic esters (lactones) is 1. The van der Waals surface area contributed by atoms with Gasteiger partial charge in [-0.1, -0.05) is 62.4 Å². The first-order chi connectivity index (χ1) is 43.7. The molecule has 92 heavy (non-hydrogen) atoms. The van der Waals surface area contributed by atoms with Crippen LogP contribution in [0.2, 0.25) is 0 Å². The number of aromatic nitrogens is 1. The Morgan fingerprint density at radius 2 is 1.27 bits per heavy atom. The number of ether oxygens (including phenoxy) is 2. The van der Waals surface area contributed by atoms with Crippen LogP contribution < -0.4 is 58.9 Å². The summed E-state index contributed by atoms with van der Waals surface area (Å²) in [6.07, 6.45) is -7.06. The summed E-state index contributed by atoms with van der Waals surface area (Å²) in [5.41, 5.74) is 7.47. The zero-order chi connectivity index (χ0) is 66.9. The van der Waals surface area contributed by atoms with Gasteiger partial charge in [-0.05, 0) is 87.8 Å². The lowest BCUT2D eigenvalue weighted by Crippen LogP contribution is -2.62. The summed E-state index contributed by atoms with van der Waals surface area (Å²) in [7, 11) is 0. The van der Waals surface area contributed by atoms with Crippen molar-refractivity contribution in [2.75, 3.05) is 19.7 Å². The monoisotopic (exact) mass is 1280 g/mol. The highest BCUT2D eigenvalue weighted by molar-refractivity contribution is 6.01. The maximum atomic E-state index is 15.1. The molecule has 11 amide bonds. The normalized spacial score (nSPS) is 27.6. The molecule has 0 aliphatic carbocycles. The minimum Gasteiger partial charge on any atom is -0.480 e. The predicted molar refractivity (Wildman–Crippen MR) is 323 cm³/mol. The van der Waals surface area contributed by atoms with Gasteiger partial charge in [0.25, 0.3) is 0 Å². The van der Waals surface area contributed by atoms with Gasteiger partial charge in [0.05, 0.1) is 18.9 Å². The number of esters is 2. The van der Waals surface area contributed by atoms with Gasteiger partial charge in [0, 0.05) is 43.6 Å². The van der Waals surface area contributed by atoms with E-state index in [-0.39, 0.29) is 70.4 Å². The van der Waals surface area contributed by atoms with Crippen LogP contribution >= 0.6 is 0 Å². The van der Waals surface area contributed by atoms with E-state index in [0.29, 0.717) is 22.2 Å². The Balaban J connectivity index is 1.39. The molecule has 15 N–H and O–H groups in total. The number of nitrogens with zero attached hydrogens (tertiary/aromatic N) is 1. The van der Waals surface area contributed by atoms with Crippen LogP contribution in [-0.4, -0.2) is 201 Å². The molecule has 1 aromatic heterocycles. The highest BCUT2D eigenvalue weighted by Gasteiger charge is 2.43. The number of carboxylic acid groups (broad SMARTS) is 1. The molecule has 31 heteroatoms. The molecular formula is C61H81N13O18. The summed E-state index contributed by atoms with van der Waals surface area (Å²) in [6.45, 7) is 4.58. The van der Waals surface area contributed by atoms with Crippen LogP contribution in [0.5, 0.6) is 0 Å². The molecule has 3 aromatic rings. The molecule has 2 aromatic carbocycles. The average molecular weight is 1280 g/mol. The number of hydrogen-bond donors (Lipinski definition) is 14. The number of nitrogens with one attached hydrogen (secondary N) is 11. The number of rotatable bonds is 10. The molecule has 13 unspecified atom stereocenters. The third-order valence-corrected chi connectivity index (χ3v) is 16.1. The van der Waals surface area contributed by atoms with Crippen molar-refractivity contribution in [3.05, 3.63) is 71.9 Å². The second-order valence-corrected chi connectivity index (χ2v) is 23.8. The van der Waals surface area contributed by atoms with E-state index >= 15 is 4.79 Å². The van der Waals surface area contributed by atoms with Gasteiger partial charge in [-0.25, -0.2) is 4.79 Å². The van der Waals surface area contributed by atoms with Crippen molar-refractivity contribution >= 4 is 93.8 Å². The number of H-pyrrole nitrogens is 1. The molecule has 0 spiro atoms. The van der Waals surface area contributed by atoms with Crippen LogP contribution in [0.3, 0.4) is 0 Å². The lowest BCUT2D eigenvalue weighted by Gasteiger charge is -2.32. The molecule has 4 bridgehead atoms. The molecule has 4 fully saturated rings. The summed E-state index contributed by atoms with van der Waals surface area (Å²) in [5.74, 6) is -16.1. The van der Waals surface area contributed by atoms with E-state index in [1.807, 2.05) is 0 Å². The molecule has 4 aliphatic rings. The standard InChI is InChI=1S/C61H81N13O18/c1-30(2)23-39-53(81)65-37-17-10-11-21-63-46(76)27-43(61(89)90)71-55(83)41-28-48(78)91-29-44(72-57(85)45-18-12-22-74(45)60(88)42(70-51(37)79)24-33-13-6-5-7-14-33)56(84)66-38(19-20-47(77)92-32(4)50(59(87)69-39)73-58(86)49(62)31(3)75)52(80)67-40(54(82)68-41)26-35-25-34-15-8-9-16-36(34)64-35/h5-9,13-16,25,30-32,37-45,49-50,64,75H,10-12,17-24,26-29,62H2,1-4H3,(H,63,76)(H,65,81)(H,66,84)(H,67,80)(H,68,82)(H,69,87)(H,70,79)(H,71,83)(H,72,85)(H,73,86)(H,89,90). The van der Waals surface area contributed by atoms with Gasteiger partial charge in [0.1, 0.15) is 79.2 Å². The average Bonchev–Trinajstić information content (AvgIpc) is 2.46. The number of aliphatic hydroxyl groups is 1. The first kappa shape index (κ1) is 69.9. The number of carboxylic acids is 1. The number of amides is 11. The Labute approximate surface area is 528 Å². The van der Waals surface area contributed by atoms with Crippen molar-refractivity contribution in [3.63, 3.8) is 0 Å². The summed E-state index contributed by atoms with van der Waals surface area (Å²) in [4.78, 5) is 205. The van der Waals surface area contributed by atoms with E-state index in [2.05, 4.69) is 58.2 Å². The minimum atomic E-state index is -2.02. The minimum absolute atomic E-state index is 0.00490. The fourth-order valence-corrected chi connectivity index (χ4v) is 11.0. The van der Waals surface area contributed by atoms with Crippen LogP contribution in [0.25, 0.3) is 10.9 Å². The van der Waals surface area contributed by atoms with Gasteiger partial charge in [-0.3, -0.25) is 62.3 Å². The quantitative estimate of drug-likeness (QED) is 0.0876. The van der Waals surface area contributed by atoms with E-state index in [4.69, 9.17) is 15.2 Å². The van der Waals surface area contributed by atoms with Gasteiger partial charge in [0.2, 0.25) is 65.0 Å². The Morgan fingerprint density at radius 1 is 0.652 bits per heavy atom. The van der Waals surface area contributed by atoms with E-state index in [1.165, 1.54) is 18.7 Å². The van der Waals surface area contributed by atoms with Crippen LogP contribution in [0.4, 0.5) is 0 Å². The van der Waals surface area contributed by atoms with E-state index in [0.717, 1.165) is 0 Å². The first-order valence-electron chi connectivity index (χ1n) is 30.7. The van der Waals surface area contributed by atoms with Gasteiger partial charge >= 0.3 is 17.9 Å². The molecule has 7 rings (SSSR count). The number of hydrogen-bond acceptors (Lipinski definition) is 18. The Bertz CT molecular complexity index is 3220. The van der Waals surface area contributed by atoms with Gasteiger partial charge in [-0.15, -0.1) is 0 Å². The van der Waals surface area contributed by atoms with Crippen molar-refractivity contribution in [1.82, 2.24) is 63.1 Å². The highest BCUT2D eigenvalue weighted by Crippen LogP contribution is 2.22. The largest absolute Gasteiger partial charge is 0.480 e. The second-order valence-electron chi connectivity index (χ2n) is 23.8. The van der Waals surface area contributed by atoms with Crippen LogP contribution in [-0.2, 0) is 89.4 Å². The fourth-order valence-electron chi connectivity index (χ4n) is 11.0. The van der Waals surface area contributed by atoms with Gasteiger partial charge in [0.15, 0.2) is 0 Å². The number of aliphatic carboxylic acids is 1. The Kier molecular flexibility index (Phi) is 24.7. The third-order valence-electron chi connectivity index (χ3n) is 16.1. The molecule has 0 saturated carbocycles. The summed E-state index contributed by atoms with van der Waals surface area (Å²) < 4.78 is 11.2. The Morgan fingerprint density at radius 3 is 1.97 bits per heavy atom. The molecular weight excluding hydrogens is 1200 g/mol. The molecule has 498 valence electrons. The zero-order valence-electron chi connectivity index (χ0n) is 51.4. The number of benzene rings is 2. The van der Waals surface area contributed by atoms with Crippen molar-refractivity contribution in [3.8, 4) is 0 Å². The lowest BCUT2D eigenvalue weighted by atomic mass is 10.00. The number of nitrogens with two attached hydrogens (primary N) is 1. The molecule has 4 aliphatic heterocycles. The molecule has 5 heterocycles. The van der Waals surface area contributed by atoms with E-state index in [1.54, 1.807) is 74.5 Å². The SMILES string of the molecule is CC(C)CC1NC(=O)C(NC(=O)C(N)C(C)O)C(C)OC(=O)CCC2NC(=O)C3COC(=O)CC(NC(=O)C(Cc4cc5ccccc5[nH]4)NC2=O)C(=O)NC(C(=O)O)CC(=O)NCCCCC(NC1=O)C(=O)NC(Cc1ccccc1)C(=O)N1CCCC1C(=O)N3. The zero-order valence-corrected chi connectivity index (χ0v) is 51.4. The molecule has 4 saturated heterocycles. The summed E-state index contributed by atoms with van der Waals surface area (Å²) >= 11 is 0. The van der Waals surface area contributed by atoms with Crippen molar-refractivity contribution in [1.29, 1.82) is 0 Å². The van der Waals surface area contributed by atoms with Gasteiger partial charge in [-0.2, -0.15) is 0 Å². The summed E-state index contributed by atoms with van der Waals surface area (Å²) in [5, 5.41) is 46.4. The van der Waals surface area contributed by atoms with Gasteiger partial charge < -0.3 is 88.5 Å². The van der Waals surface area contributed by atoms with E-state index in [9.17, 15) is 72.5 Å². The van der Waals surface area contributed by atoms with Crippen molar-refractivity contribution in [2.45, 2.75) is 183 Å². The maximum absolute atomic E-state index is 15.1. The number of fused-ring (bicyclic) bond motifs is 12. The predicted octanol–water partition coefficient (Wildman–Crippen LogP) is -3.49. The van der Waals surface area contributed by atoms with Crippen molar-refractivity contribution in [2.24, 2.45) is 11.7 Å². The maximum Gasteiger partial charge on any atom is 0.326 e. The summed E-state index contributed by atoms with van der Waals surface area (Å²) in [6, 6.07) is -1.83. The molecule has 31 nitrogen and oxygen atoms in total. The van der Waals surface area contributed by atoms with Crippen LogP contribution in [0.15, 0.2) is 60.7 Å². The molecule has 0 radical (unpaired) electrons. The van der Waals surface area contributed by atoms with E-state index < -0.39 is 194 Å². The smallest absolute Gasteiger partial charge is 0.326 e. The number of carbonyl (C=O) groups excluding carboxylic acids is 13. The number of aliphatic hydroxyl groups excluding tert-OH is 1. The number of para-hydroxylation sites is 1. The van der Waals surface area contributed by atoms with Crippen molar-refractivity contribution < 1.29 is 86.8 Å². The number of aromatic amines is 1. The fraction of sp³-hybridized carbons (Fsp3) is 0.541. The first-order valence-corrected chi connectivity index (χ1v) is 30.7. The van der Waals surface area contributed by atoms with Crippen LogP contribution in [0.1, 0.15) is 103 Å². The topological polar surface area (TPSA) is 463 Å². The Hall–Kier alpha value is -9.52. The van der Waals surface area contributed by atoms with Crippen LogP contribution in [0, 0.1) is 5.92 Å². The third kappa shape index (κ3) is 19.5. The number of carbonyl (C=O) groups is 14. The lowest BCUT2D eigenvalue weighted by molar-refractivity contribution is -0.154. The highest BCUT2D eigenvalue weighted by atomic mass is 16.5.